The first-order valence-electron chi connectivity index (χ1n) is 11.5. The van der Waals surface area contributed by atoms with Crippen molar-refractivity contribution in [3.05, 3.63) is 83.4 Å². The molecule has 1 amide bonds. The van der Waals surface area contributed by atoms with Gasteiger partial charge in [-0.1, -0.05) is 30.3 Å². The Hall–Kier alpha value is -2.96. The summed E-state index contributed by atoms with van der Waals surface area (Å²) in [6.45, 7) is 11.1. The fourth-order valence-electron chi connectivity index (χ4n) is 4.49. The Balaban J connectivity index is 1.20. The standard InChI is InChI=1S/C26H33N5O/c1-21-18-25(22(2)31(21)24-10-6-11-27-19-24)26(32)28-12-7-13-29-14-16-30(17-15-29)20-23-8-4-3-5-9-23/h3-6,8-11,18-19H,7,12-17,20H2,1-2H3,(H,28,32). The smallest absolute Gasteiger partial charge is 0.253 e. The van der Waals surface area contributed by atoms with Crippen molar-refractivity contribution in [1.29, 1.82) is 0 Å². The number of nitrogens with one attached hydrogen (secondary N) is 1. The Morgan fingerprint density at radius 3 is 2.47 bits per heavy atom. The van der Waals surface area contributed by atoms with Crippen LogP contribution in [0.25, 0.3) is 5.69 Å². The molecular formula is C26H33N5O. The van der Waals surface area contributed by atoms with Gasteiger partial charge in [-0.2, -0.15) is 0 Å². The largest absolute Gasteiger partial charge is 0.352 e. The van der Waals surface area contributed by atoms with Crippen molar-refractivity contribution in [1.82, 2.24) is 24.7 Å². The van der Waals surface area contributed by atoms with Crippen LogP contribution in [0.2, 0.25) is 0 Å². The number of rotatable bonds is 8. The molecule has 0 saturated carbocycles. The van der Waals surface area contributed by atoms with Crippen LogP contribution in [0.3, 0.4) is 0 Å². The van der Waals surface area contributed by atoms with Gasteiger partial charge in [-0.15, -0.1) is 0 Å². The van der Waals surface area contributed by atoms with Gasteiger partial charge in [0.05, 0.1) is 17.4 Å². The highest BCUT2D eigenvalue weighted by molar-refractivity contribution is 5.95. The van der Waals surface area contributed by atoms with Crippen LogP contribution < -0.4 is 5.32 Å². The zero-order chi connectivity index (χ0) is 22.3. The van der Waals surface area contributed by atoms with Crippen molar-refractivity contribution >= 4 is 5.91 Å². The summed E-state index contributed by atoms with van der Waals surface area (Å²) in [6.07, 6.45) is 4.54. The van der Waals surface area contributed by atoms with Gasteiger partial charge in [-0.25, -0.2) is 0 Å². The van der Waals surface area contributed by atoms with E-state index in [-0.39, 0.29) is 5.91 Å². The summed E-state index contributed by atoms with van der Waals surface area (Å²) in [4.78, 5) is 22.0. The second kappa shape index (κ2) is 10.6. The first-order chi connectivity index (χ1) is 15.6. The van der Waals surface area contributed by atoms with E-state index in [1.807, 2.05) is 38.2 Å². The van der Waals surface area contributed by atoms with E-state index in [0.29, 0.717) is 6.54 Å². The molecule has 32 heavy (non-hydrogen) atoms. The molecule has 0 spiro atoms. The van der Waals surface area contributed by atoms with Crippen LogP contribution in [0, 0.1) is 13.8 Å². The minimum Gasteiger partial charge on any atom is -0.352 e. The third-order valence-electron chi connectivity index (χ3n) is 6.23. The van der Waals surface area contributed by atoms with Crippen molar-refractivity contribution < 1.29 is 4.79 Å². The van der Waals surface area contributed by atoms with Crippen LogP contribution >= 0.6 is 0 Å². The summed E-state index contributed by atoms with van der Waals surface area (Å²) in [5, 5.41) is 3.11. The molecular weight excluding hydrogens is 398 g/mol. The second-order valence-corrected chi connectivity index (χ2v) is 8.54. The Labute approximate surface area is 190 Å². The number of carbonyl (C=O) groups excluding carboxylic acids is 1. The normalized spacial score (nSPS) is 15.1. The van der Waals surface area contributed by atoms with Crippen LogP contribution in [-0.4, -0.2) is 64.5 Å². The van der Waals surface area contributed by atoms with Crippen molar-refractivity contribution in [2.75, 3.05) is 39.3 Å². The molecule has 0 bridgehead atoms. The summed E-state index contributed by atoms with van der Waals surface area (Å²) in [7, 11) is 0. The lowest BCUT2D eigenvalue weighted by molar-refractivity contribution is 0.0946. The number of benzene rings is 1. The molecule has 4 rings (SSSR count). The van der Waals surface area contributed by atoms with Crippen LogP contribution in [0.4, 0.5) is 0 Å². The lowest BCUT2D eigenvalue weighted by Gasteiger charge is -2.34. The molecule has 1 aliphatic rings. The summed E-state index contributed by atoms with van der Waals surface area (Å²) < 4.78 is 2.08. The number of aromatic nitrogens is 2. The highest BCUT2D eigenvalue weighted by Crippen LogP contribution is 2.20. The van der Waals surface area contributed by atoms with Crippen molar-refractivity contribution in [2.24, 2.45) is 0 Å². The SMILES string of the molecule is Cc1cc(C(=O)NCCCN2CCN(Cc3ccccc3)CC2)c(C)n1-c1cccnc1. The molecule has 6 heteroatoms. The third-order valence-corrected chi connectivity index (χ3v) is 6.23. The molecule has 2 aromatic heterocycles. The molecule has 1 aromatic carbocycles. The van der Waals surface area contributed by atoms with Crippen LogP contribution in [0.5, 0.6) is 0 Å². The van der Waals surface area contributed by atoms with E-state index in [2.05, 4.69) is 55.0 Å². The van der Waals surface area contributed by atoms with E-state index in [9.17, 15) is 4.79 Å². The van der Waals surface area contributed by atoms with Crippen molar-refractivity contribution in [3.63, 3.8) is 0 Å². The summed E-state index contributed by atoms with van der Waals surface area (Å²) in [6, 6.07) is 16.6. The Bertz CT molecular complexity index is 1010. The summed E-state index contributed by atoms with van der Waals surface area (Å²) >= 11 is 0. The highest BCUT2D eigenvalue weighted by Gasteiger charge is 2.18. The number of nitrogens with zero attached hydrogens (tertiary/aromatic N) is 4. The number of hydrogen-bond donors (Lipinski definition) is 1. The van der Waals surface area contributed by atoms with Crippen molar-refractivity contribution in [2.45, 2.75) is 26.8 Å². The minimum atomic E-state index is 0.000853. The molecule has 1 aliphatic heterocycles. The molecule has 3 aromatic rings. The molecule has 1 saturated heterocycles. The quantitative estimate of drug-likeness (QED) is 0.555. The first-order valence-corrected chi connectivity index (χ1v) is 11.5. The van der Waals surface area contributed by atoms with Crippen LogP contribution in [0.1, 0.15) is 33.7 Å². The van der Waals surface area contributed by atoms with E-state index in [1.165, 1.54) is 5.56 Å². The molecule has 0 aliphatic carbocycles. The lowest BCUT2D eigenvalue weighted by atomic mass is 10.2. The Kier molecular flexibility index (Phi) is 7.35. The fraction of sp³-hybridized carbons (Fsp3) is 0.385. The van der Waals surface area contributed by atoms with Crippen molar-refractivity contribution in [3.8, 4) is 5.69 Å². The maximum absolute atomic E-state index is 12.8. The van der Waals surface area contributed by atoms with E-state index in [1.54, 1.807) is 6.20 Å². The van der Waals surface area contributed by atoms with Gasteiger partial charge in [-0.3, -0.25) is 14.7 Å². The minimum absolute atomic E-state index is 0.000853. The van der Waals surface area contributed by atoms with Crippen LogP contribution in [-0.2, 0) is 6.54 Å². The number of carbonyl (C=O) groups is 1. The summed E-state index contributed by atoms with van der Waals surface area (Å²) in [5.74, 6) is 0.000853. The fourth-order valence-corrected chi connectivity index (χ4v) is 4.49. The Morgan fingerprint density at radius 1 is 1.00 bits per heavy atom. The number of aryl methyl sites for hydroxylation is 1. The van der Waals surface area contributed by atoms with Crippen LogP contribution in [0.15, 0.2) is 60.9 Å². The molecule has 0 atom stereocenters. The lowest BCUT2D eigenvalue weighted by Crippen LogP contribution is -2.46. The average molecular weight is 432 g/mol. The number of hydrogen-bond acceptors (Lipinski definition) is 4. The molecule has 3 heterocycles. The predicted octanol–water partition coefficient (Wildman–Crippen LogP) is 3.43. The molecule has 0 unspecified atom stereocenters. The molecule has 0 radical (unpaired) electrons. The van der Waals surface area contributed by atoms with Gasteiger partial charge >= 0.3 is 0 Å². The number of pyridine rings is 1. The molecule has 6 nitrogen and oxygen atoms in total. The topological polar surface area (TPSA) is 53.4 Å². The van der Waals surface area contributed by atoms with Gasteiger partial charge < -0.3 is 14.8 Å². The first kappa shape index (κ1) is 22.2. The second-order valence-electron chi connectivity index (χ2n) is 8.54. The third kappa shape index (κ3) is 5.44. The Morgan fingerprint density at radius 2 is 1.75 bits per heavy atom. The van der Waals surface area contributed by atoms with Gasteiger partial charge in [0, 0.05) is 56.9 Å². The zero-order valence-electron chi connectivity index (χ0n) is 19.1. The van der Waals surface area contributed by atoms with Gasteiger partial charge in [-0.05, 0) is 50.6 Å². The molecule has 1 fully saturated rings. The zero-order valence-corrected chi connectivity index (χ0v) is 19.1. The van der Waals surface area contributed by atoms with Gasteiger partial charge in [0.2, 0.25) is 0 Å². The molecule has 1 N–H and O–H groups in total. The monoisotopic (exact) mass is 431 g/mol. The maximum atomic E-state index is 12.8. The van der Waals surface area contributed by atoms with E-state index >= 15 is 0 Å². The van der Waals surface area contributed by atoms with Gasteiger partial charge in [0.25, 0.3) is 5.91 Å². The highest BCUT2D eigenvalue weighted by atomic mass is 16.1. The number of amides is 1. The molecule has 168 valence electrons. The average Bonchev–Trinajstić information content (AvgIpc) is 3.13. The van der Waals surface area contributed by atoms with E-state index < -0.39 is 0 Å². The van der Waals surface area contributed by atoms with Gasteiger partial charge in [0.1, 0.15) is 0 Å². The summed E-state index contributed by atoms with van der Waals surface area (Å²) in [5.41, 5.74) is 5.08. The van der Waals surface area contributed by atoms with E-state index in [0.717, 1.165) is 68.3 Å². The maximum Gasteiger partial charge on any atom is 0.253 e. The van der Waals surface area contributed by atoms with Gasteiger partial charge in [0.15, 0.2) is 0 Å². The van der Waals surface area contributed by atoms with E-state index in [4.69, 9.17) is 0 Å². The predicted molar refractivity (Wildman–Crippen MR) is 128 cm³/mol. The number of piperazine rings is 1.